The van der Waals surface area contributed by atoms with E-state index in [-0.39, 0.29) is 12.0 Å². The lowest BCUT2D eigenvalue weighted by Crippen LogP contribution is -2.42. The molecule has 1 saturated heterocycles. The number of aliphatic hydroxyl groups excluding tert-OH is 1. The molecule has 0 radical (unpaired) electrons. The van der Waals surface area contributed by atoms with Gasteiger partial charge in [0.25, 0.3) is 0 Å². The third kappa shape index (κ3) is 2.34. The smallest absolute Gasteiger partial charge is 0.137 e. The van der Waals surface area contributed by atoms with E-state index in [9.17, 15) is 5.11 Å². The standard InChI is InChI=1S/C12H20N4O/c1-8-6-16(5-4-10(8)17)12-9(2)11(13-3)14-7-15-12/h7-8,10,17H,4-6H2,1-3H3,(H,13,14,15). The van der Waals surface area contributed by atoms with Gasteiger partial charge < -0.3 is 15.3 Å². The molecule has 0 saturated carbocycles. The molecule has 1 fully saturated rings. The Morgan fingerprint density at radius 3 is 2.88 bits per heavy atom. The van der Waals surface area contributed by atoms with Crippen LogP contribution in [0, 0.1) is 12.8 Å². The number of hydrogen-bond donors (Lipinski definition) is 2. The van der Waals surface area contributed by atoms with Gasteiger partial charge in [-0.15, -0.1) is 0 Å². The van der Waals surface area contributed by atoms with Crippen LogP contribution >= 0.6 is 0 Å². The predicted octanol–water partition coefficient (Wildman–Crippen LogP) is 1.03. The highest BCUT2D eigenvalue weighted by atomic mass is 16.3. The van der Waals surface area contributed by atoms with Gasteiger partial charge in [-0.3, -0.25) is 0 Å². The van der Waals surface area contributed by atoms with Gasteiger partial charge in [0.05, 0.1) is 6.10 Å². The molecule has 17 heavy (non-hydrogen) atoms. The molecule has 0 aromatic carbocycles. The van der Waals surface area contributed by atoms with Gasteiger partial charge >= 0.3 is 0 Å². The van der Waals surface area contributed by atoms with E-state index in [2.05, 4.69) is 27.1 Å². The third-order valence-electron chi connectivity index (χ3n) is 3.45. The number of nitrogens with zero attached hydrogens (tertiary/aromatic N) is 3. The largest absolute Gasteiger partial charge is 0.393 e. The van der Waals surface area contributed by atoms with Crippen molar-refractivity contribution in [3.63, 3.8) is 0 Å². The minimum Gasteiger partial charge on any atom is -0.393 e. The molecule has 2 N–H and O–H groups in total. The summed E-state index contributed by atoms with van der Waals surface area (Å²) < 4.78 is 0. The van der Waals surface area contributed by atoms with E-state index in [0.29, 0.717) is 0 Å². The highest BCUT2D eigenvalue weighted by molar-refractivity contribution is 5.57. The van der Waals surface area contributed by atoms with Crippen LogP contribution in [-0.2, 0) is 0 Å². The van der Waals surface area contributed by atoms with Crippen LogP contribution in [0.2, 0.25) is 0 Å². The number of anilines is 2. The maximum absolute atomic E-state index is 9.74. The van der Waals surface area contributed by atoms with Crippen molar-refractivity contribution < 1.29 is 5.11 Å². The summed E-state index contributed by atoms with van der Waals surface area (Å²) in [5, 5.41) is 12.8. The Labute approximate surface area is 102 Å². The molecule has 1 aromatic heterocycles. The Morgan fingerprint density at radius 1 is 1.47 bits per heavy atom. The lowest BCUT2D eigenvalue weighted by atomic mass is 9.96. The Kier molecular flexibility index (Phi) is 3.47. The van der Waals surface area contributed by atoms with Crippen LogP contribution in [0.5, 0.6) is 0 Å². The maximum atomic E-state index is 9.74. The summed E-state index contributed by atoms with van der Waals surface area (Å²) in [6, 6.07) is 0. The second-order valence-electron chi connectivity index (χ2n) is 4.70. The number of aliphatic hydroxyl groups is 1. The van der Waals surface area contributed by atoms with Crippen molar-refractivity contribution in [2.24, 2.45) is 5.92 Å². The van der Waals surface area contributed by atoms with Crippen LogP contribution < -0.4 is 10.2 Å². The molecule has 0 spiro atoms. The lowest BCUT2D eigenvalue weighted by Gasteiger charge is -2.35. The van der Waals surface area contributed by atoms with Crippen molar-refractivity contribution in [3.8, 4) is 0 Å². The zero-order valence-corrected chi connectivity index (χ0v) is 10.6. The number of nitrogens with one attached hydrogen (secondary N) is 1. The van der Waals surface area contributed by atoms with E-state index >= 15 is 0 Å². The van der Waals surface area contributed by atoms with Gasteiger partial charge in [0.2, 0.25) is 0 Å². The summed E-state index contributed by atoms with van der Waals surface area (Å²) in [5.41, 5.74) is 1.07. The summed E-state index contributed by atoms with van der Waals surface area (Å²) in [7, 11) is 1.86. The van der Waals surface area contributed by atoms with Crippen LogP contribution in [0.3, 0.4) is 0 Å². The van der Waals surface area contributed by atoms with Gasteiger partial charge in [-0.25, -0.2) is 9.97 Å². The van der Waals surface area contributed by atoms with Crippen molar-refractivity contribution in [2.75, 3.05) is 30.4 Å². The molecule has 94 valence electrons. The van der Waals surface area contributed by atoms with Gasteiger partial charge in [-0.1, -0.05) is 6.92 Å². The summed E-state index contributed by atoms with van der Waals surface area (Å²) >= 11 is 0. The fourth-order valence-corrected chi connectivity index (χ4v) is 2.34. The van der Waals surface area contributed by atoms with E-state index in [4.69, 9.17) is 0 Å². The maximum Gasteiger partial charge on any atom is 0.137 e. The van der Waals surface area contributed by atoms with Crippen molar-refractivity contribution in [3.05, 3.63) is 11.9 Å². The van der Waals surface area contributed by atoms with Crippen molar-refractivity contribution in [1.29, 1.82) is 0 Å². The van der Waals surface area contributed by atoms with Crippen LogP contribution in [0.4, 0.5) is 11.6 Å². The number of hydrogen-bond acceptors (Lipinski definition) is 5. The monoisotopic (exact) mass is 236 g/mol. The molecule has 1 aliphatic rings. The second-order valence-corrected chi connectivity index (χ2v) is 4.70. The second kappa shape index (κ2) is 4.87. The third-order valence-corrected chi connectivity index (χ3v) is 3.45. The summed E-state index contributed by atoms with van der Waals surface area (Å²) in [6.07, 6.45) is 2.21. The molecular weight excluding hydrogens is 216 g/mol. The van der Waals surface area contributed by atoms with Crippen LogP contribution in [0.15, 0.2) is 6.33 Å². The SMILES string of the molecule is CNc1ncnc(N2CCC(O)C(C)C2)c1C. The topological polar surface area (TPSA) is 61.3 Å². The van der Waals surface area contributed by atoms with Gasteiger partial charge in [0, 0.05) is 25.7 Å². The van der Waals surface area contributed by atoms with Gasteiger partial charge in [0.1, 0.15) is 18.0 Å². The number of piperidine rings is 1. The van der Waals surface area contributed by atoms with Crippen molar-refractivity contribution >= 4 is 11.6 Å². The Morgan fingerprint density at radius 2 is 2.24 bits per heavy atom. The highest BCUT2D eigenvalue weighted by Gasteiger charge is 2.26. The molecule has 5 heteroatoms. The molecule has 1 aromatic rings. The molecule has 0 bridgehead atoms. The number of aromatic nitrogens is 2. The Bertz CT molecular complexity index is 396. The lowest BCUT2D eigenvalue weighted by molar-refractivity contribution is 0.0968. The first-order valence-electron chi connectivity index (χ1n) is 6.06. The van der Waals surface area contributed by atoms with Crippen LogP contribution in [-0.4, -0.2) is 41.3 Å². The van der Waals surface area contributed by atoms with Crippen molar-refractivity contribution in [1.82, 2.24) is 9.97 Å². The molecule has 2 rings (SSSR count). The highest BCUT2D eigenvalue weighted by Crippen LogP contribution is 2.26. The zero-order valence-electron chi connectivity index (χ0n) is 10.6. The van der Waals surface area contributed by atoms with Crippen molar-refractivity contribution in [2.45, 2.75) is 26.4 Å². The minimum atomic E-state index is -0.183. The molecule has 2 unspecified atom stereocenters. The fourth-order valence-electron chi connectivity index (χ4n) is 2.34. The first-order chi connectivity index (χ1) is 8.13. The molecular formula is C12H20N4O. The van der Waals surface area contributed by atoms with Gasteiger partial charge in [0.15, 0.2) is 0 Å². The molecule has 5 nitrogen and oxygen atoms in total. The van der Waals surface area contributed by atoms with Crippen LogP contribution in [0.1, 0.15) is 18.9 Å². The summed E-state index contributed by atoms with van der Waals surface area (Å²) in [6.45, 7) is 5.80. The van der Waals surface area contributed by atoms with E-state index in [1.807, 2.05) is 14.0 Å². The minimum absolute atomic E-state index is 0.183. The molecule has 1 aliphatic heterocycles. The quantitative estimate of drug-likeness (QED) is 0.803. The molecule has 2 atom stereocenters. The van der Waals surface area contributed by atoms with Gasteiger partial charge in [-0.05, 0) is 19.3 Å². The average Bonchev–Trinajstić information content (AvgIpc) is 2.33. The first kappa shape index (κ1) is 12.1. The van der Waals surface area contributed by atoms with E-state index in [1.165, 1.54) is 0 Å². The zero-order chi connectivity index (χ0) is 12.4. The van der Waals surface area contributed by atoms with E-state index in [1.54, 1.807) is 6.33 Å². The van der Waals surface area contributed by atoms with E-state index in [0.717, 1.165) is 36.7 Å². The molecule has 0 amide bonds. The Balaban J connectivity index is 2.23. The first-order valence-corrected chi connectivity index (χ1v) is 6.06. The Hall–Kier alpha value is -1.36. The fraction of sp³-hybridized carbons (Fsp3) is 0.667. The van der Waals surface area contributed by atoms with Crippen LogP contribution in [0.25, 0.3) is 0 Å². The normalized spacial score (nSPS) is 24.8. The summed E-state index contributed by atoms with van der Waals surface area (Å²) in [4.78, 5) is 10.8. The summed E-state index contributed by atoms with van der Waals surface area (Å²) in [5.74, 6) is 2.13. The molecule has 2 heterocycles. The predicted molar refractivity (Wildman–Crippen MR) is 68.3 cm³/mol. The van der Waals surface area contributed by atoms with Gasteiger partial charge in [-0.2, -0.15) is 0 Å². The van der Waals surface area contributed by atoms with E-state index < -0.39 is 0 Å². The molecule has 0 aliphatic carbocycles. The number of rotatable bonds is 2. The average molecular weight is 236 g/mol.